The lowest BCUT2D eigenvalue weighted by Crippen LogP contribution is -2.16. The maximum absolute atomic E-state index is 6.14. The van der Waals surface area contributed by atoms with Gasteiger partial charge in [-0.15, -0.1) is 0 Å². The largest absolute Gasteiger partial charge is 0.481 e. The zero-order valence-corrected chi connectivity index (χ0v) is 14.5. The number of rotatable bonds is 3. The molecule has 3 heterocycles. The van der Waals surface area contributed by atoms with Gasteiger partial charge in [0, 0.05) is 23.9 Å². The number of imidazole rings is 1. The minimum atomic E-state index is 0.402. The molecule has 0 atom stereocenters. The number of hydrogen-bond acceptors (Lipinski definition) is 6. The van der Waals surface area contributed by atoms with Crippen molar-refractivity contribution in [3.05, 3.63) is 24.7 Å². The highest BCUT2D eigenvalue weighted by atomic mass is 16.5. The number of nitrogens with zero attached hydrogens (tertiary/aromatic N) is 5. The van der Waals surface area contributed by atoms with Gasteiger partial charge in [0.05, 0.1) is 13.4 Å². The monoisotopic (exact) mass is 338 g/mol. The first-order valence-electron chi connectivity index (χ1n) is 8.66. The predicted octanol–water partition coefficient (Wildman–Crippen LogP) is 3.23. The average molecular weight is 338 g/mol. The van der Waals surface area contributed by atoms with Crippen LogP contribution >= 0.6 is 0 Å². The van der Waals surface area contributed by atoms with Crippen LogP contribution in [0.3, 0.4) is 0 Å². The van der Waals surface area contributed by atoms with Gasteiger partial charge in [-0.1, -0.05) is 6.92 Å². The molecule has 0 bridgehead atoms. The van der Waals surface area contributed by atoms with Gasteiger partial charge in [-0.2, -0.15) is 0 Å². The number of anilines is 1. The van der Waals surface area contributed by atoms with Gasteiger partial charge in [-0.3, -0.25) is 0 Å². The predicted molar refractivity (Wildman–Crippen MR) is 96.2 cm³/mol. The van der Waals surface area contributed by atoms with E-state index in [1.807, 2.05) is 12.4 Å². The van der Waals surface area contributed by atoms with Crippen LogP contribution in [0.1, 0.15) is 38.6 Å². The standard InChI is InChI=1S/C18H22N6O/c1-11-3-6-13(7-4-11)24-10-21-15-16(19)22-17(23-18(15)24)12-5-8-14(25-2)20-9-12/h5,8-11,13H,3-4,6-7H2,1-2H3,(H2,19,22,23). The quantitative estimate of drug-likeness (QED) is 0.788. The number of aromatic nitrogens is 5. The van der Waals surface area contributed by atoms with E-state index in [1.165, 1.54) is 12.8 Å². The highest BCUT2D eigenvalue weighted by Crippen LogP contribution is 2.34. The molecule has 1 saturated carbocycles. The lowest BCUT2D eigenvalue weighted by atomic mass is 9.87. The van der Waals surface area contributed by atoms with Crippen LogP contribution in [0.2, 0.25) is 0 Å². The van der Waals surface area contributed by atoms with E-state index in [0.29, 0.717) is 29.1 Å². The van der Waals surface area contributed by atoms with Crippen LogP contribution in [0.25, 0.3) is 22.6 Å². The third-order valence-electron chi connectivity index (χ3n) is 5.03. The molecule has 1 aliphatic rings. The van der Waals surface area contributed by atoms with Crippen LogP contribution in [-0.4, -0.2) is 31.6 Å². The van der Waals surface area contributed by atoms with E-state index in [9.17, 15) is 0 Å². The van der Waals surface area contributed by atoms with Crippen molar-refractivity contribution in [3.63, 3.8) is 0 Å². The molecular weight excluding hydrogens is 316 g/mol. The number of nitrogens with two attached hydrogens (primary N) is 1. The Bertz CT molecular complexity index is 880. The molecule has 0 saturated heterocycles. The summed E-state index contributed by atoms with van der Waals surface area (Å²) in [5.41, 5.74) is 8.42. The summed E-state index contributed by atoms with van der Waals surface area (Å²) in [5, 5.41) is 0. The molecule has 0 unspecified atom stereocenters. The second kappa shape index (κ2) is 6.31. The molecule has 130 valence electrons. The Hall–Kier alpha value is -2.70. The van der Waals surface area contributed by atoms with Crippen molar-refractivity contribution in [1.82, 2.24) is 24.5 Å². The van der Waals surface area contributed by atoms with Crippen LogP contribution in [0.5, 0.6) is 5.88 Å². The lowest BCUT2D eigenvalue weighted by Gasteiger charge is -2.27. The van der Waals surface area contributed by atoms with Crippen molar-refractivity contribution in [2.24, 2.45) is 5.92 Å². The van der Waals surface area contributed by atoms with E-state index in [-0.39, 0.29) is 0 Å². The number of methoxy groups -OCH3 is 1. The zero-order valence-electron chi connectivity index (χ0n) is 14.5. The molecule has 2 N–H and O–H groups in total. The first kappa shape index (κ1) is 15.8. The third-order valence-corrected chi connectivity index (χ3v) is 5.03. The minimum Gasteiger partial charge on any atom is -0.481 e. The van der Waals surface area contributed by atoms with Crippen molar-refractivity contribution in [1.29, 1.82) is 0 Å². The second-order valence-electron chi connectivity index (χ2n) is 6.76. The Morgan fingerprint density at radius 1 is 1.12 bits per heavy atom. The molecule has 3 aromatic rings. The van der Waals surface area contributed by atoms with Crippen LogP contribution in [0.4, 0.5) is 5.82 Å². The van der Waals surface area contributed by atoms with Gasteiger partial charge in [0.25, 0.3) is 0 Å². The molecule has 0 aromatic carbocycles. The molecule has 0 amide bonds. The van der Waals surface area contributed by atoms with Gasteiger partial charge in [0.1, 0.15) is 5.52 Å². The summed E-state index contributed by atoms with van der Waals surface area (Å²) in [6.45, 7) is 2.32. The molecule has 3 aromatic heterocycles. The van der Waals surface area contributed by atoms with Crippen molar-refractivity contribution in [3.8, 4) is 17.3 Å². The van der Waals surface area contributed by atoms with E-state index in [0.717, 1.165) is 30.0 Å². The lowest BCUT2D eigenvalue weighted by molar-refractivity contribution is 0.293. The third kappa shape index (κ3) is 2.90. The SMILES string of the molecule is COc1ccc(-c2nc(N)c3ncn(C4CCC(C)CC4)c3n2)cn1. The van der Waals surface area contributed by atoms with Crippen molar-refractivity contribution >= 4 is 17.0 Å². The van der Waals surface area contributed by atoms with Crippen molar-refractivity contribution in [2.75, 3.05) is 12.8 Å². The van der Waals surface area contributed by atoms with Gasteiger partial charge >= 0.3 is 0 Å². The fraction of sp³-hybridized carbons (Fsp3) is 0.444. The van der Waals surface area contributed by atoms with Gasteiger partial charge in [-0.05, 0) is 37.7 Å². The number of pyridine rings is 1. The van der Waals surface area contributed by atoms with Crippen LogP contribution in [-0.2, 0) is 0 Å². The van der Waals surface area contributed by atoms with Gasteiger partial charge in [0.2, 0.25) is 5.88 Å². The summed E-state index contributed by atoms with van der Waals surface area (Å²) in [4.78, 5) is 17.8. The summed E-state index contributed by atoms with van der Waals surface area (Å²) < 4.78 is 7.27. The van der Waals surface area contributed by atoms with E-state index in [4.69, 9.17) is 15.5 Å². The Kier molecular flexibility index (Phi) is 3.99. The summed E-state index contributed by atoms with van der Waals surface area (Å²) in [6.07, 6.45) is 8.32. The molecule has 1 fully saturated rings. The summed E-state index contributed by atoms with van der Waals surface area (Å²) in [5.74, 6) is 2.32. The van der Waals surface area contributed by atoms with Gasteiger partial charge in [0.15, 0.2) is 17.3 Å². The Morgan fingerprint density at radius 3 is 2.60 bits per heavy atom. The molecule has 7 heteroatoms. The Morgan fingerprint density at radius 2 is 1.92 bits per heavy atom. The molecule has 0 aliphatic heterocycles. The van der Waals surface area contributed by atoms with E-state index in [2.05, 4.69) is 26.4 Å². The number of hydrogen-bond donors (Lipinski definition) is 1. The fourth-order valence-corrected chi connectivity index (χ4v) is 3.49. The average Bonchev–Trinajstić information content (AvgIpc) is 3.07. The first-order chi connectivity index (χ1) is 12.2. The highest BCUT2D eigenvalue weighted by molar-refractivity contribution is 5.83. The molecule has 1 aliphatic carbocycles. The molecular formula is C18H22N6O. The zero-order chi connectivity index (χ0) is 17.4. The van der Waals surface area contributed by atoms with Gasteiger partial charge in [-0.25, -0.2) is 19.9 Å². The molecule has 25 heavy (non-hydrogen) atoms. The second-order valence-corrected chi connectivity index (χ2v) is 6.76. The Labute approximate surface area is 146 Å². The number of nitrogen functional groups attached to an aromatic ring is 1. The molecule has 7 nitrogen and oxygen atoms in total. The maximum atomic E-state index is 6.14. The summed E-state index contributed by atoms with van der Waals surface area (Å²) in [7, 11) is 1.59. The van der Waals surface area contributed by atoms with E-state index >= 15 is 0 Å². The van der Waals surface area contributed by atoms with Crippen LogP contribution in [0.15, 0.2) is 24.7 Å². The summed E-state index contributed by atoms with van der Waals surface area (Å²) >= 11 is 0. The fourth-order valence-electron chi connectivity index (χ4n) is 3.49. The topological polar surface area (TPSA) is 91.7 Å². The first-order valence-corrected chi connectivity index (χ1v) is 8.66. The normalized spacial score (nSPS) is 20.7. The summed E-state index contributed by atoms with van der Waals surface area (Å²) in [6, 6.07) is 4.10. The molecule has 0 spiro atoms. The number of ether oxygens (including phenoxy) is 1. The van der Waals surface area contributed by atoms with E-state index in [1.54, 1.807) is 19.4 Å². The Balaban J connectivity index is 1.75. The molecule has 0 radical (unpaired) electrons. The highest BCUT2D eigenvalue weighted by Gasteiger charge is 2.23. The minimum absolute atomic E-state index is 0.402. The smallest absolute Gasteiger partial charge is 0.212 e. The molecule has 4 rings (SSSR count). The van der Waals surface area contributed by atoms with Crippen molar-refractivity contribution in [2.45, 2.75) is 38.6 Å². The van der Waals surface area contributed by atoms with Crippen LogP contribution in [0, 0.1) is 5.92 Å². The van der Waals surface area contributed by atoms with E-state index < -0.39 is 0 Å². The van der Waals surface area contributed by atoms with Crippen molar-refractivity contribution < 1.29 is 4.74 Å². The van der Waals surface area contributed by atoms with Crippen LogP contribution < -0.4 is 10.5 Å². The maximum Gasteiger partial charge on any atom is 0.212 e. The van der Waals surface area contributed by atoms with Gasteiger partial charge < -0.3 is 15.0 Å². The number of fused-ring (bicyclic) bond motifs is 1.